The molecule has 2 aromatic carbocycles. The highest BCUT2D eigenvalue weighted by Crippen LogP contribution is 2.44. The summed E-state index contributed by atoms with van der Waals surface area (Å²) in [6.07, 6.45) is 0. The molecule has 7 heteroatoms. The molecular formula is C24H23N5O2. The number of nitrogens with two attached hydrogens (primary N) is 1. The number of hydrogen-bond acceptors (Lipinski definition) is 6. The molecule has 31 heavy (non-hydrogen) atoms. The summed E-state index contributed by atoms with van der Waals surface area (Å²) in [5.41, 5.74) is 11.3. The second kappa shape index (κ2) is 7.82. The van der Waals surface area contributed by atoms with Crippen molar-refractivity contribution in [1.82, 2.24) is 9.78 Å². The van der Waals surface area contributed by atoms with E-state index in [9.17, 15) is 5.26 Å². The Morgan fingerprint density at radius 3 is 2.42 bits per heavy atom. The van der Waals surface area contributed by atoms with Gasteiger partial charge in [-0.2, -0.15) is 10.4 Å². The summed E-state index contributed by atoms with van der Waals surface area (Å²) in [5.74, 6) is 0.349. The third kappa shape index (κ3) is 3.31. The van der Waals surface area contributed by atoms with E-state index in [1.807, 2.05) is 37.3 Å². The molecule has 1 saturated heterocycles. The predicted molar refractivity (Wildman–Crippen MR) is 117 cm³/mol. The summed E-state index contributed by atoms with van der Waals surface area (Å²) in [7, 11) is 0. The minimum Gasteiger partial charge on any atom is -0.422 e. The fraction of sp³-hybridized carbons (Fsp3) is 0.250. The lowest BCUT2D eigenvalue weighted by Crippen LogP contribution is -2.36. The van der Waals surface area contributed by atoms with Gasteiger partial charge in [-0.3, -0.25) is 0 Å². The minimum atomic E-state index is -0.329. The third-order valence-electron chi connectivity index (χ3n) is 5.84. The molecule has 2 N–H and O–H groups in total. The first-order chi connectivity index (χ1) is 15.2. The number of allylic oxidation sites excluding steroid dienone is 1. The van der Waals surface area contributed by atoms with Gasteiger partial charge >= 0.3 is 0 Å². The summed E-state index contributed by atoms with van der Waals surface area (Å²) >= 11 is 0. The zero-order valence-electron chi connectivity index (χ0n) is 17.3. The Labute approximate surface area is 180 Å². The SMILES string of the molecule is Cc1nn(-c2ccccc2)c2c1C(c1ccc(N3CCOCC3)cc1)C(C#N)=C(N)O2. The third-order valence-corrected chi connectivity index (χ3v) is 5.84. The quantitative estimate of drug-likeness (QED) is 0.709. The largest absolute Gasteiger partial charge is 0.422 e. The smallest absolute Gasteiger partial charge is 0.229 e. The highest BCUT2D eigenvalue weighted by Gasteiger charge is 2.36. The molecule has 5 rings (SSSR count). The van der Waals surface area contributed by atoms with Crippen molar-refractivity contribution in [2.75, 3.05) is 31.2 Å². The van der Waals surface area contributed by atoms with Crippen molar-refractivity contribution in [3.8, 4) is 17.6 Å². The van der Waals surface area contributed by atoms with E-state index < -0.39 is 0 Å². The molecule has 0 amide bonds. The summed E-state index contributed by atoms with van der Waals surface area (Å²) in [4.78, 5) is 2.30. The van der Waals surface area contributed by atoms with Gasteiger partial charge in [-0.05, 0) is 36.8 Å². The number of aryl methyl sites for hydroxylation is 1. The van der Waals surface area contributed by atoms with Crippen molar-refractivity contribution in [1.29, 1.82) is 5.26 Å². The maximum absolute atomic E-state index is 9.87. The van der Waals surface area contributed by atoms with Crippen LogP contribution in [0.4, 0.5) is 5.69 Å². The standard InChI is InChI=1S/C24H23N5O2/c1-16-21-22(17-7-9-18(10-8-17)28-11-13-30-14-12-28)20(15-25)23(26)31-24(21)29(27-16)19-5-3-2-4-6-19/h2-10,22H,11-14,26H2,1H3. The summed E-state index contributed by atoms with van der Waals surface area (Å²) in [6.45, 7) is 5.16. The molecule has 7 nitrogen and oxygen atoms in total. The van der Waals surface area contributed by atoms with Crippen LogP contribution in [0, 0.1) is 18.3 Å². The molecule has 1 atom stereocenters. The Balaban J connectivity index is 1.59. The fourth-order valence-corrected chi connectivity index (χ4v) is 4.29. The number of hydrogen-bond donors (Lipinski definition) is 1. The Kier molecular flexibility index (Phi) is 4.85. The van der Waals surface area contributed by atoms with E-state index in [0.29, 0.717) is 11.5 Å². The number of morpholine rings is 1. The second-order valence-electron chi connectivity index (χ2n) is 7.67. The lowest BCUT2D eigenvalue weighted by molar-refractivity contribution is 0.122. The van der Waals surface area contributed by atoms with Crippen LogP contribution in [0.5, 0.6) is 5.88 Å². The number of fused-ring (bicyclic) bond motifs is 1. The molecule has 1 aromatic heterocycles. The lowest BCUT2D eigenvalue weighted by atomic mass is 9.84. The number of ether oxygens (including phenoxy) is 2. The number of nitriles is 1. The van der Waals surface area contributed by atoms with Crippen molar-refractivity contribution in [2.45, 2.75) is 12.8 Å². The molecule has 1 fully saturated rings. The van der Waals surface area contributed by atoms with E-state index in [1.54, 1.807) is 4.68 Å². The first kappa shape index (κ1) is 19.2. The Morgan fingerprint density at radius 1 is 1.03 bits per heavy atom. The van der Waals surface area contributed by atoms with Crippen molar-refractivity contribution in [2.24, 2.45) is 5.73 Å². The number of rotatable bonds is 3. The van der Waals surface area contributed by atoms with Crippen LogP contribution in [0.3, 0.4) is 0 Å². The topological polar surface area (TPSA) is 89.3 Å². The lowest BCUT2D eigenvalue weighted by Gasteiger charge is -2.29. The molecule has 3 aromatic rings. The van der Waals surface area contributed by atoms with Crippen molar-refractivity contribution in [3.63, 3.8) is 0 Å². The van der Waals surface area contributed by atoms with Crippen LogP contribution in [0.15, 0.2) is 66.1 Å². The van der Waals surface area contributed by atoms with Gasteiger partial charge in [0.1, 0.15) is 11.6 Å². The molecule has 2 aliphatic rings. The molecular weight excluding hydrogens is 390 g/mol. The van der Waals surface area contributed by atoms with Gasteiger partial charge in [-0.1, -0.05) is 30.3 Å². The molecule has 3 heterocycles. The molecule has 0 saturated carbocycles. The van der Waals surface area contributed by atoms with Crippen molar-refractivity contribution < 1.29 is 9.47 Å². The molecule has 2 aliphatic heterocycles. The van der Waals surface area contributed by atoms with E-state index in [1.165, 1.54) is 0 Å². The van der Waals surface area contributed by atoms with E-state index in [0.717, 1.165) is 54.5 Å². The number of para-hydroxylation sites is 1. The Morgan fingerprint density at radius 2 is 1.74 bits per heavy atom. The summed E-state index contributed by atoms with van der Waals surface area (Å²) < 4.78 is 13.1. The molecule has 1 unspecified atom stereocenters. The molecule has 0 aliphatic carbocycles. The zero-order valence-corrected chi connectivity index (χ0v) is 17.3. The highest BCUT2D eigenvalue weighted by atomic mass is 16.5. The van der Waals surface area contributed by atoms with Crippen LogP contribution in [0.1, 0.15) is 22.7 Å². The van der Waals surface area contributed by atoms with E-state index in [4.69, 9.17) is 20.3 Å². The highest BCUT2D eigenvalue weighted by molar-refractivity contribution is 5.59. The van der Waals surface area contributed by atoms with Gasteiger partial charge in [-0.25, -0.2) is 4.68 Å². The van der Waals surface area contributed by atoms with Crippen molar-refractivity contribution in [3.05, 3.63) is 82.9 Å². The Hall–Kier alpha value is -3.76. The number of nitrogens with zero attached hydrogens (tertiary/aromatic N) is 4. The predicted octanol–water partition coefficient (Wildman–Crippen LogP) is 3.24. The zero-order chi connectivity index (χ0) is 21.4. The van der Waals surface area contributed by atoms with Crippen LogP contribution in [0.25, 0.3) is 5.69 Å². The summed E-state index contributed by atoms with van der Waals surface area (Å²) in [5, 5.41) is 14.6. The number of aromatic nitrogens is 2. The van der Waals surface area contributed by atoms with Gasteiger partial charge in [0.05, 0.1) is 36.1 Å². The summed E-state index contributed by atoms with van der Waals surface area (Å²) in [6, 6.07) is 20.3. The first-order valence-corrected chi connectivity index (χ1v) is 10.3. The minimum absolute atomic E-state index is 0.120. The Bertz CT molecular complexity index is 1170. The normalized spacial score (nSPS) is 18.3. The first-order valence-electron chi connectivity index (χ1n) is 10.3. The number of anilines is 1. The van der Waals surface area contributed by atoms with Gasteiger partial charge in [0.25, 0.3) is 0 Å². The average Bonchev–Trinajstić information content (AvgIpc) is 3.15. The van der Waals surface area contributed by atoms with E-state index >= 15 is 0 Å². The molecule has 0 radical (unpaired) electrons. The van der Waals surface area contributed by atoms with Gasteiger partial charge < -0.3 is 20.1 Å². The van der Waals surface area contributed by atoms with Crippen LogP contribution < -0.4 is 15.4 Å². The van der Waals surface area contributed by atoms with Gasteiger partial charge in [0.15, 0.2) is 0 Å². The molecule has 0 bridgehead atoms. The molecule has 156 valence electrons. The van der Waals surface area contributed by atoms with Gasteiger partial charge in [0, 0.05) is 18.8 Å². The fourth-order valence-electron chi connectivity index (χ4n) is 4.29. The van der Waals surface area contributed by atoms with Gasteiger partial charge in [-0.15, -0.1) is 0 Å². The van der Waals surface area contributed by atoms with Crippen LogP contribution in [0.2, 0.25) is 0 Å². The monoisotopic (exact) mass is 413 g/mol. The number of benzene rings is 2. The molecule has 0 spiro atoms. The van der Waals surface area contributed by atoms with Crippen LogP contribution in [-0.4, -0.2) is 36.1 Å². The second-order valence-corrected chi connectivity index (χ2v) is 7.67. The van der Waals surface area contributed by atoms with Crippen molar-refractivity contribution >= 4 is 5.69 Å². The van der Waals surface area contributed by atoms with Crippen LogP contribution in [-0.2, 0) is 4.74 Å². The maximum Gasteiger partial charge on any atom is 0.229 e. The van der Waals surface area contributed by atoms with E-state index in [2.05, 4.69) is 35.2 Å². The average molecular weight is 413 g/mol. The van der Waals surface area contributed by atoms with Gasteiger partial charge in [0.2, 0.25) is 11.8 Å². The maximum atomic E-state index is 9.87. The van der Waals surface area contributed by atoms with Crippen LogP contribution >= 0.6 is 0 Å². The van der Waals surface area contributed by atoms with E-state index in [-0.39, 0.29) is 11.8 Å².